The summed E-state index contributed by atoms with van der Waals surface area (Å²) in [5.74, 6) is -0.0290. The standard InChI is InChI=1S/C18H24N4O2/c1-21-13-4-5-14(21)10-12(9-13)20-18(24)16-11-22(7-8-23)17-15(16)3-2-6-19-17/h2-3,6,11-14,23H,4-5,7-10H2,1H3,(H,20,24)/t12?,13-,14+. The van der Waals surface area contributed by atoms with Crippen LogP contribution in [0, 0.1) is 0 Å². The molecule has 4 heterocycles. The first-order chi connectivity index (χ1) is 11.7. The van der Waals surface area contributed by atoms with Gasteiger partial charge in [0.25, 0.3) is 5.91 Å². The molecule has 3 atom stereocenters. The van der Waals surface area contributed by atoms with Gasteiger partial charge in [-0.1, -0.05) is 0 Å². The van der Waals surface area contributed by atoms with Crippen LogP contribution in [0.4, 0.5) is 0 Å². The van der Waals surface area contributed by atoms with E-state index in [9.17, 15) is 9.90 Å². The van der Waals surface area contributed by atoms with Crippen LogP contribution in [0.15, 0.2) is 24.5 Å². The van der Waals surface area contributed by atoms with Crippen LogP contribution in [0.2, 0.25) is 0 Å². The summed E-state index contributed by atoms with van der Waals surface area (Å²) in [5.41, 5.74) is 1.40. The molecule has 6 nitrogen and oxygen atoms in total. The highest BCUT2D eigenvalue weighted by atomic mass is 16.3. The molecule has 128 valence electrons. The summed E-state index contributed by atoms with van der Waals surface area (Å²) in [5, 5.41) is 13.3. The number of pyridine rings is 1. The van der Waals surface area contributed by atoms with Crippen molar-refractivity contribution < 1.29 is 9.90 Å². The predicted molar refractivity (Wildman–Crippen MR) is 91.9 cm³/mol. The average Bonchev–Trinajstić information content (AvgIpc) is 3.02. The van der Waals surface area contributed by atoms with Gasteiger partial charge in [0.2, 0.25) is 0 Å². The molecule has 2 aromatic heterocycles. The number of nitrogens with one attached hydrogen (secondary N) is 1. The van der Waals surface area contributed by atoms with Gasteiger partial charge in [-0.3, -0.25) is 4.79 Å². The molecule has 2 aliphatic rings. The van der Waals surface area contributed by atoms with Gasteiger partial charge in [0.1, 0.15) is 5.65 Å². The van der Waals surface area contributed by atoms with Crippen molar-refractivity contribution in [2.24, 2.45) is 0 Å². The number of aliphatic hydroxyl groups is 1. The molecule has 2 bridgehead atoms. The molecule has 1 amide bonds. The third-order valence-electron chi connectivity index (χ3n) is 5.65. The minimum atomic E-state index is -0.0290. The summed E-state index contributed by atoms with van der Waals surface area (Å²) in [6, 6.07) is 5.22. The van der Waals surface area contributed by atoms with E-state index in [2.05, 4.69) is 22.2 Å². The van der Waals surface area contributed by atoms with Crippen LogP contribution >= 0.6 is 0 Å². The normalized spacial score (nSPS) is 26.8. The van der Waals surface area contributed by atoms with Gasteiger partial charge in [-0.15, -0.1) is 0 Å². The number of fused-ring (bicyclic) bond motifs is 3. The van der Waals surface area contributed by atoms with Crippen molar-refractivity contribution in [3.63, 3.8) is 0 Å². The van der Waals surface area contributed by atoms with Gasteiger partial charge in [-0.2, -0.15) is 0 Å². The fourth-order valence-corrected chi connectivity index (χ4v) is 4.37. The molecular formula is C18H24N4O2. The maximum absolute atomic E-state index is 12.8. The number of hydrogen-bond donors (Lipinski definition) is 2. The van der Waals surface area contributed by atoms with Crippen molar-refractivity contribution in [2.45, 2.75) is 50.4 Å². The number of aliphatic hydroxyl groups excluding tert-OH is 1. The lowest BCUT2D eigenvalue weighted by Crippen LogP contribution is -2.48. The Labute approximate surface area is 141 Å². The third kappa shape index (κ3) is 2.59. The van der Waals surface area contributed by atoms with Gasteiger partial charge in [-0.25, -0.2) is 4.98 Å². The molecule has 2 N–H and O–H groups in total. The minimum Gasteiger partial charge on any atom is -0.395 e. The molecule has 2 aromatic rings. The van der Waals surface area contributed by atoms with Crippen LogP contribution < -0.4 is 5.32 Å². The molecular weight excluding hydrogens is 304 g/mol. The Hall–Kier alpha value is -1.92. The second kappa shape index (κ2) is 6.18. The molecule has 0 saturated carbocycles. The van der Waals surface area contributed by atoms with Crippen molar-refractivity contribution in [1.82, 2.24) is 19.8 Å². The lowest BCUT2D eigenvalue weighted by atomic mass is 9.97. The zero-order valence-electron chi connectivity index (χ0n) is 14.0. The maximum Gasteiger partial charge on any atom is 0.253 e. The maximum atomic E-state index is 12.8. The summed E-state index contributed by atoms with van der Waals surface area (Å²) >= 11 is 0. The SMILES string of the molecule is CN1[C@@H]2CC[C@H]1CC(NC(=O)c1cn(CCO)c3ncccc13)C2. The fourth-order valence-electron chi connectivity index (χ4n) is 4.37. The molecule has 2 saturated heterocycles. The number of hydrogen-bond acceptors (Lipinski definition) is 4. The molecule has 2 aliphatic heterocycles. The highest BCUT2D eigenvalue weighted by Crippen LogP contribution is 2.34. The van der Waals surface area contributed by atoms with Gasteiger partial charge in [0, 0.05) is 42.5 Å². The van der Waals surface area contributed by atoms with E-state index in [4.69, 9.17) is 0 Å². The van der Waals surface area contributed by atoms with Gasteiger partial charge < -0.3 is 19.9 Å². The van der Waals surface area contributed by atoms with Gasteiger partial charge >= 0.3 is 0 Å². The van der Waals surface area contributed by atoms with Gasteiger partial charge in [0.05, 0.1) is 12.2 Å². The van der Waals surface area contributed by atoms with E-state index in [1.54, 1.807) is 6.20 Å². The smallest absolute Gasteiger partial charge is 0.253 e. The van der Waals surface area contributed by atoms with E-state index in [-0.39, 0.29) is 18.6 Å². The van der Waals surface area contributed by atoms with Crippen LogP contribution in [0.25, 0.3) is 11.0 Å². The van der Waals surface area contributed by atoms with Crippen molar-refractivity contribution in [3.8, 4) is 0 Å². The molecule has 4 rings (SSSR count). The molecule has 1 unspecified atom stereocenters. The topological polar surface area (TPSA) is 70.4 Å². The fraction of sp³-hybridized carbons (Fsp3) is 0.556. The van der Waals surface area contributed by atoms with Crippen molar-refractivity contribution in [2.75, 3.05) is 13.7 Å². The molecule has 0 aliphatic carbocycles. The third-order valence-corrected chi connectivity index (χ3v) is 5.65. The lowest BCUT2D eigenvalue weighted by Gasteiger charge is -2.36. The molecule has 6 heteroatoms. The Balaban J connectivity index is 1.56. The first kappa shape index (κ1) is 15.6. The van der Waals surface area contributed by atoms with E-state index >= 15 is 0 Å². The van der Waals surface area contributed by atoms with Gasteiger partial charge in [-0.05, 0) is 44.9 Å². The highest BCUT2D eigenvalue weighted by molar-refractivity contribution is 6.06. The van der Waals surface area contributed by atoms with Crippen LogP contribution in [0.3, 0.4) is 0 Å². The number of nitrogens with zero attached hydrogens (tertiary/aromatic N) is 3. The summed E-state index contributed by atoms with van der Waals surface area (Å²) in [4.78, 5) is 19.7. The first-order valence-electron chi connectivity index (χ1n) is 8.75. The Morgan fingerprint density at radius 1 is 1.38 bits per heavy atom. The zero-order valence-corrected chi connectivity index (χ0v) is 14.0. The van der Waals surface area contributed by atoms with E-state index in [1.165, 1.54) is 12.8 Å². The summed E-state index contributed by atoms with van der Waals surface area (Å²) in [6.07, 6.45) is 8.08. The van der Waals surface area contributed by atoms with E-state index in [0.29, 0.717) is 24.2 Å². The molecule has 0 aromatic carbocycles. The Kier molecular flexibility index (Phi) is 4.02. The number of aromatic nitrogens is 2. The van der Waals surface area contributed by atoms with Crippen molar-refractivity contribution in [3.05, 3.63) is 30.1 Å². The van der Waals surface area contributed by atoms with Crippen LogP contribution in [0.1, 0.15) is 36.0 Å². The number of amides is 1. The average molecular weight is 328 g/mol. The first-order valence-corrected chi connectivity index (χ1v) is 8.75. The number of carbonyl (C=O) groups excluding carboxylic acids is 1. The quantitative estimate of drug-likeness (QED) is 0.890. The lowest BCUT2D eigenvalue weighted by molar-refractivity contribution is 0.0884. The largest absolute Gasteiger partial charge is 0.395 e. The number of piperidine rings is 1. The van der Waals surface area contributed by atoms with Crippen LogP contribution in [-0.2, 0) is 6.54 Å². The van der Waals surface area contributed by atoms with E-state index < -0.39 is 0 Å². The predicted octanol–water partition coefficient (Wildman–Crippen LogP) is 1.38. The van der Waals surface area contributed by atoms with Crippen molar-refractivity contribution in [1.29, 1.82) is 0 Å². The van der Waals surface area contributed by atoms with Crippen LogP contribution in [0.5, 0.6) is 0 Å². The summed E-state index contributed by atoms with van der Waals surface area (Å²) < 4.78 is 1.85. The second-order valence-corrected chi connectivity index (χ2v) is 7.03. The van der Waals surface area contributed by atoms with Gasteiger partial charge in [0.15, 0.2) is 0 Å². The minimum absolute atomic E-state index is 0.0275. The van der Waals surface area contributed by atoms with E-state index in [1.807, 2.05) is 22.9 Å². The monoisotopic (exact) mass is 328 g/mol. The molecule has 24 heavy (non-hydrogen) atoms. The Bertz CT molecular complexity index is 743. The van der Waals surface area contributed by atoms with Crippen molar-refractivity contribution >= 4 is 16.9 Å². The summed E-state index contributed by atoms with van der Waals surface area (Å²) in [7, 11) is 2.20. The second-order valence-electron chi connectivity index (χ2n) is 7.03. The Morgan fingerprint density at radius 3 is 2.83 bits per heavy atom. The van der Waals surface area contributed by atoms with Crippen LogP contribution in [-0.4, -0.2) is 57.2 Å². The summed E-state index contributed by atoms with van der Waals surface area (Å²) in [6.45, 7) is 0.471. The molecule has 0 spiro atoms. The highest BCUT2D eigenvalue weighted by Gasteiger charge is 2.39. The Morgan fingerprint density at radius 2 is 2.12 bits per heavy atom. The zero-order chi connectivity index (χ0) is 16.7. The molecule has 2 fully saturated rings. The molecule has 0 radical (unpaired) electrons. The number of rotatable bonds is 4. The van der Waals surface area contributed by atoms with E-state index in [0.717, 1.165) is 23.9 Å². The number of carbonyl (C=O) groups is 1.